The van der Waals surface area contributed by atoms with Crippen LogP contribution in [0.3, 0.4) is 0 Å². The number of fused-ring (bicyclic) bond motifs is 16. The van der Waals surface area contributed by atoms with E-state index >= 15 is 0 Å². The molecule has 10 heterocycles. The van der Waals surface area contributed by atoms with Crippen molar-refractivity contribution in [1.29, 1.82) is 0 Å². The molecule has 108 heavy (non-hydrogen) atoms. The van der Waals surface area contributed by atoms with E-state index in [4.69, 9.17) is 39.9 Å². The van der Waals surface area contributed by atoms with Crippen molar-refractivity contribution in [3.8, 4) is 89.0 Å². The molecule has 526 valence electrons. The quantitative estimate of drug-likeness (QED) is 0.0931. The van der Waals surface area contributed by atoms with Crippen LogP contribution in [0.2, 0.25) is 0 Å². The van der Waals surface area contributed by atoms with Gasteiger partial charge in [0.1, 0.15) is 0 Å². The molecule has 6 aromatic heterocycles. The fraction of sp³-hybridized carbons (Fsp3) is 0.102. The van der Waals surface area contributed by atoms with Gasteiger partial charge in [0.15, 0.2) is 0 Å². The molecule has 10 heteroatoms. The number of benzene rings is 8. The summed E-state index contributed by atoms with van der Waals surface area (Å²) in [7, 11) is 0. The summed E-state index contributed by atoms with van der Waals surface area (Å²) >= 11 is 0. The molecule has 8 nitrogen and oxygen atoms in total. The molecule has 0 fully saturated rings. The molecule has 0 saturated heterocycles. The summed E-state index contributed by atoms with van der Waals surface area (Å²) in [5.41, 5.74) is 38.5. The first-order chi connectivity index (χ1) is 51.8. The molecule has 0 aliphatic carbocycles. The maximum atomic E-state index is 5.81. The number of rotatable bonds is 11. The average Bonchev–Trinajstić information content (AvgIpc) is 1.79. The molecule has 4 aliphatic rings. The number of nitrogens with zero attached hydrogens (tertiary/aromatic N) is 8. The van der Waals surface area contributed by atoms with Crippen LogP contribution in [-0.4, -0.2) is 29.9 Å². The van der Waals surface area contributed by atoms with Gasteiger partial charge in [-0.3, -0.25) is 19.9 Å². The molecule has 0 N–H and O–H groups in total. The topological polar surface area (TPSA) is 106 Å². The fourth-order valence-electron chi connectivity index (χ4n) is 15.5. The Morgan fingerprint density at radius 3 is 0.611 bits per heavy atom. The van der Waals surface area contributed by atoms with Crippen LogP contribution in [0.25, 0.3) is 181 Å². The summed E-state index contributed by atoms with van der Waals surface area (Å²) in [4.78, 5) is 46.0. The zero-order chi connectivity index (χ0) is 71.8. The summed E-state index contributed by atoms with van der Waals surface area (Å²) in [6, 6.07) is 78.9. The number of aromatic nitrogens is 8. The minimum atomic E-state index is 0. The van der Waals surface area contributed by atoms with Crippen LogP contribution in [0.15, 0.2) is 231 Å². The van der Waals surface area contributed by atoms with Gasteiger partial charge in [-0.2, -0.15) is 0 Å². The van der Waals surface area contributed by atoms with E-state index in [1.54, 1.807) is 0 Å². The first-order valence-electron chi connectivity index (χ1n) is 36.5. The van der Waals surface area contributed by atoms with E-state index in [1.165, 1.54) is 22.3 Å². The third-order valence-electron chi connectivity index (χ3n) is 21.1. The zero-order valence-corrected chi connectivity index (χ0v) is 63.2. The average molecular weight is 1480 g/mol. The summed E-state index contributed by atoms with van der Waals surface area (Å²) in [6.45, 7) is 17.1. The minimum absolute atomic E-state index is 0. The molecule has 0 unspecified atom stereocenters. The summed E-state index contributed by atoms with van der Waals surface area (Å²) in [6.07, 6.45) is 22.6. The Balaban J connectivity index is 0.00000445. The number of hydrogen-bond donors (Lipinski definition) is 0. The predicted molar refractivity (Wildman–Crippen MR) is 443 cm³/mol. The van der Waals surface area contributed by atoms with E-state index in [9.17, 15) is 0 Å². The molecule has 8 aromatic carbocycles. The Hall–Kier alpha value is -12.1. The SMILES string of the molecule is Cc1ccc(-c2c3nc(c(-c4ccc(C)cc4)c4cnc(c(-c5ccc(C)cc5)c5nc(c(-c6ccc(C)cc6)c6ccc2[n-]6)C=C5)[c-]4CC[c-]2c4cnc2c(-c2ccc(C)cc2)c2nc(c(-c5ccc(C)cc5)c5ccc([n-]5)c(-c5ccc(C)cc5)c5nc(c4-c4ccc(C)cc4)C=C5)C=C2)C=C3)cc1.[Ni+2].[Ni+2]. The van der Waals surface area contributed by atoms with Crippen molar-refractivity contribution in [2.24, 2.45) is 0 Å². The minimum Gasteiger partial charge on any atom is -0.657 e. The van der Waals surface area contributed by atoms with Gasteiger partial charge in [-0.15, -0.1) is 44.0 Å². The molecule has 0 amide bonds. The van der Waals surface area contributed by atoms with Gasteiger partial charge in [0.25, 0.3) is 0 Å². The smallest absolute Gasteiger partial charge is 0.657 e. The predicted octanol–water partition coefficient (Wildman–Crippen LogP) is 24.0. The van der Waals surface area contributed by atoms with E-state index in [0.717, 1.165) is 212 Å². The molecule has 0 saturated carbocycles. The summed E-state index contributed by atoms with van der Waals surface area (Å²) in [5.74, 6) is 0. The van der Waals surface area contributed by atoms with Gasteiger partial charge in [-0.25, -0.2) is 0 Å². The van der Waals surface area contributed by atoms with Crippen LogP contribution in [0, 0.1) is 55.4 Å². The van der Waals surface area contributed by atoms with E-state index in [-0.39, 0.29) is 33.0 Å². The van der Waals surface area contributed by atoms with Gasteiger partial charge in [0.2, 0.25) is 0 Å². The third kappa shape index (κ3) is 13.1. The van der Waals surface area contributed by atoms with Gasteiger partial charge < -0.3 is 19.9 Å². The standard InChI is InChI=1S/C98H74N8.2Ni/c1-57-9-25-65(26-10-57)89-75-55-99-97(95(71-37-21-63(7)22-38-71)87-53-51-85(105-87)93(69-33-17-61(5)18-34-69)83-49-47-81(103-83)91(79-45-43-77(89)101-79)67-29-13-59(3)14-30-67)73(75)41-42-74-76-56-100-98(74)96(72-39-23-64(8)24-40-72)88-54-52-86(106-88)94(70-35-19-62(6)20-36-70)84-50-48-82(104-84)92(68-31-15-60(4)16-32-68)80-46-44-78(102-80)90(76)66-27-11-58(2)12-28-66;;/h9-40,43-56H,41-42H2,1-8H3;;/q-4;2*+2. The van der Waals surface area contributed by atoms with Crippen LogP contribution >= 0.6 is 0 Å². The van der Waals surface area contributed by atoms with Gasteiger partial charge in [0, 0.05) is 22.8 Å². The van der Waals surface area contributed by atoms with Crippen molar-refractivity contribution in [2.75, 3.05) is 0 Å². The normalized spacial score (nSPS) is 12.0. The van der Waals surface area contributed by atoms with Gasteiger partial charge in [-0.1, -0.05) is 309 Å². The maximum Gasteiger partial charge on any atom is 2.00 e. The maximum absolute atomic E-state index is 5.81. The van der Waals surface area contributed by atoms with E-state index in [2.05, 4.69) is 335 Å². The first-order valence-corrected chi connectivity index (χ1v) is 36.5. The van der Waals surface area contributed by atoms with Gasteiger partial charge >= 0.3 is 33.0 Å². The van der Waals surface area contributed by atoms with Crippen LogP contribution in [-0.2, 0) is 45.8 Å². The van der Waals surface area contributed by atoms with Crippen molar-refractivity contribution in [3.63, 3.8) is 0 Å². The molecule has 18 rings (SSSR count). The van der Waals surface area contributed by atoms with Crippen molar-refractivity contribution in [1.82, 2.24) is 39.9 Å². The van der Waals surface area contributed by atoms with Crippen molar-refractivity contribution in [2.45, 2.75) is 68.2 Å². The van der Waals surface area contributed by atoms with Crippen LogP contribution in [0.1, 0.15) is 101 Å². The molecule has 16 bridgehead atoms. The van der Waals surface area contributed by atoms with Crippen LogP contribution < -0.4 is 9.97 Å². The summed E-state index contributed by atoms with van der Waals surface area (Å²) in [5, 5.41) is 1.94. The van der Waals surface area contributed by atoms with Gasteiger partial charge in [-0.05, 0) is 183 Å². The van der Waals surface area contributed by atoms with Crippen LogP contribution in [0.5, 0.6) is 0 Å². The number of hydrogen-bond acceptors (Lipinski definition) is 6. The zero-order valence-electron chi connectivity index (χ0n) is 61.2. The molecule has 4 aliphatic heterocycles. The second kappa shape index (κ2) is 29.0. The van der Waals surface area contributed by atoms with Gasteiger partial charge in [0.05, 0.1) is 22.8 Å². The van der Waals surface area contributed by atoms with E-state index < -0.39 is 0 Å². The fourth-order valence-corrected chi connectivity index (χ4v) is 15.5. The molecule has 14 aromatic rings. The Labute approximate surface area is 649 Å². The Kier molecular flexibility index (Phi) is 18.9. The van der Waals surface area contributed by atoms with Crippen LogP contribution in [0.4, 0.5) is 0 Å². The molecule has 0 radical (unpaired) electrons. The monoisotopic (exact) mass is 1480 g/mol. The molecule has 0 atom stereocenters. The Morgan fingerprint density at radius 2 is 0.398 bits per heavy atom. The molecular formula is C98H74N8Ni2. The Morgan fingerprint density at radius 1 is 0.222 bits per heavy atom. The third-order valence-corrected chi connectivity index (χ3v) is 21.1. The molecule has 0 spiro atoms. The number of aryl methyl sites for hydroxylation is 10. The van der Waals surface area contributed by atoms with Crippen molar-refractivity contribution in [3.05, 3.63) is 332 Å². The van der Waals surface area contributed by atoms with Crippen molar-refractivity contribution < 1.29 is 33.0 Å². The van der Waals surface area contributed by atoms with Crippen molar-refractivity contribution >= 4 is 92.5 Å². The summed E-state index contributed by atoms with van der Waals surface area (Å²) < 4.78 is 0. The molecular weight excluding hydrogens is 1410 g/mol. The first kappa shape index (κ1) is 70.3. The Bertz CT molecular complexity index is 5610. The van der Waals surface area contributed by atoms with E-state index in [1.807, 2.05) is 0 Å². The largest absolute Gasteiger partial charge is 2.00 e. The van der Waals surface area contributed by atoms with E-state index in [0.29, 0.717) is 12.8 Å². The second-order valence-electron chi connectivity index (χ2n) is 28.7. The second-order valence-corrected chi connectivity index (χ2v) is 28.7.